The van der Waals surface area contributed by atoms with E-state index in [2.05, 4.69) is 9.47 Å². The van der Waals surface area contributed by atoms with E-state index in [1.807, 2.05) is 0 Å². The van der Waals surface area contributed by atoms with Gasteiger partial charge in [-0.15, -0.1) is 0 Å². The van der Waals surface area contributed by atoms with Gasteiger partial charge in [0.15, 0.2) is 17.1 Å². The monoisotopic (exact) mass is 272 g/mol. The first-order valence-corrected chi connectivity index (χ1v) is 5.30. The maximum atomic E-state index is 11.2. The molecular formula is C11H12O8. The molecule has 1 N–H and O–H groups in total. The van der Waals surface area contributed by atoms with Crippen LogP contribution in [0.2, 0.25) is 0 Å². The molecule has 0 saturated carbocycles. The second-order valence-corrected chi connectivity index (χ2v) is 3.75. The first-order valence-electron chi connectivity index (χ1n) is 5.30. The Morgan fingerprint density at radius 2 is 1.95 bits per heavy atom. The zero-order chi connectivity index (χ0) is 14.0. The molecule has 0 fully saturated rings. The van der Waals surface area contributed by atoms with Crippen LogP contribution in [0.1, 0.15) is 0 Å². The van der Waals surface area contributed by atoms with Crippen LogP contribution in [-0.4, -0.2) is 49.9 Å². The smallest absolute Gasteiger partial charge is 0.437 e. The molecule has 0 spiro atoms. The van der Waals surface area contributed by atoms with Gasteiger partial charge in [-0.3, -0.25) is 0 Å². The third-order valence-electron chi connectivity index (χ3n) is 2.69. The summed E-state index contributed by atoms with van der Waals surface area (Å²) >= 11 is 0. The van der Waals surface area contributed by atoms with Crippen molar-refractivity contribution in [2.45, 2.75) is 11.7 Å². The summed E-state index contributed by atoms with van der Waals surface area (Å²) in [5, 5.41) is 9.39. The standard InChI is InChI=1S/C11H12O8/c1-15-9(13)17-7-6-3-4-11(5-12,19-6)8(7)18-10(14)16-2/h3-4,6,12H,5H2,1-2H3. The molecular weight excluding hydrogens is 260 g/mol. The molecule has 8 heteroatoms. The lowest BCUT2D eigenvalue weighted by atomic mass is 9.99. The summed E-state index contributed by atoms with van der Waals surface area (Å²) in [6.07, 6.45) is 0.349. The second-order valence-electron chi connectivity index (χ2n) is 3.75. The minimum absolute atomic E-state index is 0.0474. The van der Waals surface area contributed by atoms with Gasteiger partial charge in [0.05, 0.1) is 20.8 Å². The minimum atomic E-state index is -1.35. The molecule has 0 aromatic heterocycles. The third-order valence-corrected chi connectivity index (χ3v) is 2.69. The van der Waals surface area contributed by atoms with Crippen molar-refractivity contribution in [3.63, 3.8) is 0 Å². The molecule has 0 amide bonds. The van der Waals surface area contributed by atoms with Gasteiger partial charge in [0.25, 0.3) is 0 Å². The Balaban J connectivity index is 2.31. The first-order chi connectivity index (χ1) is 9.06. The fourth-order valence-corrected chi connectivity index (χ4v) is 1.82. The highest BCUT2D eigenvalue weighted by atomic mass is 16.8. The normalized spacial score (nSPS) is 27.4. The second kappa shape index (κ2) is 4.90. The lowest BCUT2D eigenvalue weighted by Crippen LogP contribution is -2.34. The van der Waals surface area contributed by atoms with Crippen LogP contribution >= 0.6 is 0 Å². The summed E-state index contributed by atoms with van der Waals surface area (Å²) in [4.78, 5) is 22.3. The SMILES string of the molecule is COC(=O)OC1=C(OC(=O)OC)C2(CO)C=CC1O2. The fourth-order valence-electron chi connectivity index (χ4n) is 1.82. The maximum absolute atomic E-state index is 11.2. The molecule has 2 atom stereocenters. The number of carbonyl (C=O) groups excluding carboxylic acids is 2. The number of aliphatic hydroxyl groups is 1. The van der Waals surface area contributed by atoms with Gasteiger partial charge in [-0.2, -0.15) is 0 Å². The van der Waals surface area contributed by atoms with E-state index in [1.54, 1.807) is 6.08 Å². The predicted octanol–water partition coefficient (Wildman–Crippen LogP) is 0.464. The van der Waals surface area contributed by atoms with E-state index in [0.717, 1.165) is 14.2 Å². The minimum Gasteiger partial charge on any atom is -0.437 e. The number of aliphatic hydroxyl groups excluding tert-OH is 1. The number of methoxy groups -OCH3 is 2. The van der Waals surface area contributed by atoms with Crippen LogP contribution in [0.3, 0.4) is 0 Å². The van der Waals surface area contributed by atoms with Crippen LogP contribution in [0.15, 0.2) is 23.7 Å². The zero-order valence-electron chi connectivity index (χ0n) is 10.2. The quantitative estimate of drug-likeness (QED) is 0.584. The van der Waals surface area contributed by atoms with Crippen LogP contribution in [0.4, 0.5) is 9.59 Å². The van der Waals surface area contributed by atoms with E-state index in [-0.39, 0.29) is 11.5 Å². The number of fused-ring (bicyclic) bond motifs is 2. The van der Waals surface area contributed by atoms with E-state index in [9.17, 15) is 14.7 Å². The topological polar surface area (TPSA) is 101 Å². The van der Waals surface area contributed by atoms with Crippen molar-refractivity contribution in [3.05, 3.63) is 23.7 Å². The number of carbonyl (C=O) groups is 2. The van der Waals surface area contributed by atoms with E-state index in [4.69, 9.17) is 14.2 Å². The predicted molar refractivity (Wildman–Crippen MR) is 57.8 cm³/mol. The van der Waals surface area contributed by atoms with Gasteiger partial charge in [0.1, 0.15) is 6.10 Å². The summed E-state index contributed by atoms with van der Waals surface area (Å²) in [6, 6.07) is 0. The van der Waals surface area contributed by atoms with E-state index >= 15 is 0 Å². The molecule has 8 nitrogen and oxygen atoms in total. The average Bonchev–Trinajstić information content (AvgIpc) is 2.97. The van der Waals surface area contributed by atoms with E-state index in [0.29, 0.717) is 0 Å². The molecule has 2 unspecified atom stereocenters. The van der Waals surface area contributed by atoms with Gasteiger partial charge in [-0.1, -0.05) is 0 Å². The third kappa shape index (κ3) is 2.15. The fraction of sp³-hybridized carbons (Fsp3) is 0.455. The van der Waals surface area contributed by atoms with Gasteiger partial charge in [-0.05, 0) is 12.2 Å². The van der Waals surface area contributed by atoms with Gasteiger partial charge < -0.3 is 28.8 Å². The van der Waals surface area contributed by atoms with Gasteiger partial charge in [-0.25, -0.2) is 9.59 Å². The largest absolute Gasteiger partial charge is 0.513 e. The highest BCUT2D eigenvalue weighted by Gasteiger charge is 2.53. The summed E-state index contributed by atoms with van der Waals surface area (Å²) in [6.45, 7) is -0.486. The molecule has 2 rings (SSSR count). The van der Waals surface area contributed by atoms with Crippen LogP contribution in [0, 0.1) is 0 Å². The van der Waals surface area contributed by atoms with Crippen molar-refractivity contribution in [2.24, 2.45) is 0 Å². The van der Waals surface area contributed by atoms with Crippen LogP contribution < -0.4 is 0 Å². The van der Waals surface area contributed by atoms with Crippen molar-refractivity contribution in [3.8, 4) is 0 Å². The molecule has 0 aromatic rings. The van der Waals surface area contributed by atoms with Gasteiger partial charge >= 0.3 is 12.3 Å². The summed E-state index contributed by atoms with van der Waals surface area (Å²) in [5.41, 5.74) is -1.35. The molecule has 0 aliphatic carbocycles. The number of rotatable bonds is 3. The molecule has 0 aromatic carbocycles. The van der Waals surface area contributed by atoms with Crippen molar-refractivity contribution in [1.82, 2.24) is 0 Å². The van der Waals surface area contributed by atoms with E-state index in [1.165, 1.54) is 6.08 Å². The Kier molecular flexibility index (Phi) is 3.45. The van der Waals surface area contributed by atoms with Crippen molar-refractivity contribution in [2.75, 3.05) is 20.8 Å². The highest BCUT2D eigenvalue weighted by molar-refractivity contribution is 5.65. The zero-order valence-corrected chi connectivity index (χ0v) is 10.2. The lowest BCUT2D eigenvalue weighted by Gasteiger charge is -2.22. The molecule has 2 heterocycles. The molecule has 2 aliphatic heterocycles. The molecule has 0 radical (unpaired) electrons. The number of hydrogen-bond acceptors (Lipinski definition) is 8. The Labute approximate surface area is 108 Å². The molecule has 104 valence electrons. The van der Waals surface area contributed by atoms with Crippen molar-refractivity contribution < 1.29 is 38.4 Å². The molecule has 0 saturated heterocycles. The van der Waals surface area contributed by atoms with Crippen molar-refractivity contribution >= 4 is 12.3 Å². The molecule has 2 aliphatic rings. The Hall–Kier alpha value is -2.06. The summed E-state index contributed by atoms with van der Waals surface area (Å²) < 4.78 is 23.9. The Morgan fingerprint density at radius 3 is 2.53 bits per heavy atom. The average molecular weight is 272 g/mol. The van der Waals surface area contributed by atoms with E-state index < -0.39 is 30.6 Å². The number of ether oxygens (including phenoxy) is 5. The highest BCUT2D eigenvalue weighted by Crippen LogP contribution is 2.44. The van der Waals surface area contributed by atoms with Crippen LogP contribution in [-0.2, 0) is 23.7 Å². The van der Waals surface area contributed by atoms with Crippen LogP contribution in [0.25, 0.3) is 0 Å². The van der Waals surface area contributed by atoms with Crippen LogP contribution in [0.5, 0.6) is 0 Å². The molecule has 2 bridgehead atoms. The first kappa shape index (κ1) is 13.4. The Morgan fingerprint density at radius 1 is 1.32 bits per heavy atom. The van der Waals surface area contributed by atoms with Gasteiger partial charge in [0, 0.05) is 0 Å². The summed E-state index contributed by atoms with van der Waals surface area (Å²) in [7, 11) is 2.26. The van der Waals surface area contributed by atoms with Gasteiger partial charge in [0.2, 0.25) is 0 Å². The lowest BCUT2D eigenvalue weighted by molar-refractivity contribution is -0.0283. The van der Waals surface area contributed by atoms with Crippen molar-refractivity contribution in [1.29, 1.82) is 0 Å². The summed E-state index contributed by atoms with van der Waals surface area (Å²) in [5.74, 6) is -0.173. The number of hydrogen-bond donors (Lipinski definition) is 1. The maximum Gasteiger partial charge on any atom is 0.513 e. The molecule has 19 heavy (non-hydrogen) atoms. The Bertz CT molecular complexity index is 465.